The van der Waals surface area contributed by atoms with Crippen LogP contribution in [0, 0.1) is 5.82 Å². The highest BCUT2D eigenvalue weighted by Crippen LogP contribution is 2.56. The van der Waals surface area contributed by atoms with Crippen molar-refractivity contribution in [2.45, 2.75) is 0 Å². The van der Waals surface area contributed by atoms with Gasteiger partial charge < -0.3 is 10.3 Å². The van der Waals surface area contributed by atoms with Crippen LogP contribution >= 0.6 is 18.2 Å². The average molecular weight is 373 g/mol. The minimum absolute atomic E-state index is 0.00553. The molecule has 3 rings (SSSR count). The first-order valence-corrected chi connectivity index (χ1v) is 9.36. The van der Waals surface area contributed by atoms with E-state index in [2.05, 4.69) is 25.7 Å². The largest absolute Gasteiger partial charge is 0.428 e. The zero-order valence-corrected chi connectivity index (χ0v) is 13.9. The number of fused-ring (bicyclic) bond motifs is 1. The first-order chi connectivity index (χ1) is 11.0. The molecule has 0 saturated carbocycles. The summed E-state index contributed by atoms with van der Waals surface area (Å²) in [6, 6.07) is 7.35. The summed E-state index contributed by atoms with van der Waals surface area (Å²) in [6.45, 7) is -2.76. The number of anilines is 2. The third kappa shape index (κ3) is 3.64. The maximum absolute atomic E-state index is 13.0. The molecule has 1 unspecified atom stereocenters. The maximum atomic E-state index is 13.0. The summed E-state index contributed by atoms with van der Waals surface area (Å²) < 4.78 is 22.7. The summed E-state index contributed by atoms with van der Waals surface area (Å²) in [5.41, 5.74) is 11.6. The summed E-state index contributed by atoms with van der Waals surface area (Å²) in [5, 5.41) is 3.13. The number of nitrogens with two attached hydrogens (primary N) is 1. The second-order valence-electron chi connectivity index (χ2n) is 4.43. The highest BCUT2D eigenvalue weighted by atomic mass is 35.5. The Hall–Kier alpha value is -2.09. The molecule has 11 heteroatoms. The Balaban J connectivity index is 1.68. The Morgan fingerprint density at radius 2 is 2.30 bits per heavy atom. The molecule has 5 N–H and O–H groups in total. The number of hydrazine groups is 1. The molecule has 0 radical (unpaired) electrons. The summed E-state index contributed by atoms with van der Waals surface area (Å²) in [7, 11) is 0. The van der Waals surface area contributed by atoms with E-state index < -0.39 is 12.4 Å². The van der Waals surface area contributed by atoms with Gasteiger partial charge in [-0.15, -0.1) is 0 Å². The summed E-state index contributed by atoms with van der Waals surface area (Å²) in [4.78, 5) is 4.10. The van der Waals surface area contributed by atoms with Crippen molar-refractivity contribution < 1.29 is 8.91 Å². The lowest BCUT2D eigenvalue weighted by molar-refractivity contribution is 0.628. The van der Waals surface area contributed by atoms with E-state index in [0.717, 1.165) is 0 Å². The summed E-state index contributed by atoms with van der Waals surface area (Å²) in [6.07, 6.45) is 1.61. The molecule has 0 saturated heterocycles. The van der Waals surface area contributed by atoms with Crippen LogP contribution < -0.4 is 26.2 Å². The van der Waals surface area contributed by atoms with Gasteiger partial charge in [0.2, 0.25) is 5.96 Å². The van der Waals surface area contributed by atoms with E-state index in [1.165, 1.54) is 18.2 Å². The van der Waals surface area contributed by atoms with Crippen LogP contribution in [0.4, 0.5) is 15.9 Å². The Kier molecular flexibility index (Phi) is 4.25. The van der Waals surface area contributed by atoms with Gasteiger partial charge in [-0.1, -0.05) is 11.6 Å². The molecule has 0 spiro atoms. The Morgan fingerprint density at radius 3 is 3.04 bits per heavy atom. The number of hydrogen-bond acceptors (Lipinski definition) is 4. The molecular formula is C12H11ClFN6OPS. The Morgan fingerprint density at radius 1 is 1.48 bits per heavy atom. The first kappa shape index (κ1) is 15.8. The molecular weight excluding hydrogens is 362 g/mol. The van der Waals surface area contributed by atoms with Gasteiger partial charge in [0.05, 0.1) is 10.7 Å². The van der Waals surface area contributed by atoms with Crippen LogP contribution in [0.15, 0.2) is 41.3 Å². The van der Waals surface area contributed by atoms with Gasteiger partial charge in [0.1, 0.15) is 5.82 Å². The van der Waals surface area contributed by atoms with Crippen molar-refractivity contribution in [2.24, 2.45) is 10.5 Å². The molecule has 0 fully saturated rings. The smallest absolute Gasteiger partial charge is 0.325 e. The van der Waals surface area contributed by atoms with E-state index in [0.29, 0.717) is 17.3 Å². The molecule has 1 atom stereocenters. The summed E-state index contributed by atoms with van der Waals surface area (Å²) in [5.74, 6) is 0.615. The number of pyridine rings is 1. The van der Waals surface area contributed by atoms with Crippen molar-refractivity contribution in [3.63, 3.8) is 0 Å². The zero-order chi connectivity index (χ0) is 16.4. The first-order valence-electron chi connectivity index (χ1n) is 6.31. The number of halogens is 2. The molecule has 0 bridgehead atoms. The third-order valence-electron chi connectivity index (χ3n) is 2.74. The van der Waals surface area contributed by atoms with Crippen molar-refractivity contribution >= 4 is 47.4 Å². The monoisotopic (exact) mass is 372 g/mol. The van der Waals surface area contributed by atoms with Gasteiger partial charge in [0, 0.05) is 6.20 Å². The van der Waals surface area contributed by atoms with Gasteiger partial charge in [-0.3, -0.25) is 15.9 Å². The Bertz CT molecular complexity index is 806. The fraction of sp³-hybridized carbons (Fsp3) is 0. The van der Waals surface area contributed by atoms with Crippen LogP contribution in [0.2, 0.25) is 5.02 Å². The minimum atomic E-state index is -2.76. The highest BCUT2D eigenvalue weighted by Gasteiger charge is 2.29. The lowest BCUT2D eigenvalue weighted by atomic mass is 10.3. The fourth-order valence-electron chi connectivity index (χ4n) is 1.77. The van der Waals surface area contributed by atoms with Crippen LogP contribution in [0.3, 0.4) is 0 Å². The van der Waals surface area contributed by atoms with Gasteiger partial charge >= 0.3 is 6.57 Å². The minimum Gasteiger partial charge on any atom is -0.428 e. The van der Waals surface area contributed by atoms with Crippen LogP contribution in [-0.2, 0) is 11.8 Å². The molecule has 1 aromatic carbocycles. The number of rotatable bonds is 3. The standard InChI is InChI=1S/C12H11ClFN6OPS/c13-8-6-7(14)3-4-9(8)17-18-12(15)20-22(23)19-11-10(21-22)2-1-5-16-11/h1-6,17H,(H4,15,16,18,19,20,23). The Labute approximate surface area is 141 Å². The van der Waals surface area contributed by atoms with E-state index in [4.69, 9.17) is 33.7 Å². The average Bonchev–Trinajstić information content (AvgIpc) is 2.81. The zero-order valence-electron chi connectivity index (χ0n) is 11.5. The van der Waals surface area contributed by atoms with Crippen molar-refractivity contribution in [1.29, 1.82) is 0 Å². The molecule has 2 heterocycles. The van der Waals surface area contributed by atoms with E-state index in [1.807, 2.05) is 0 Å². The number of guanidine groups is 1. The van der Waals surface area contributed by atoms with Crippen molar-refractivity contribution in [3.8, 4) is 5.75 Å². The number of nitrogens with one attached hydrogen (secondary N) is 3. The van der Waals surface area contributed by atoms with E-state index in [9.17, 15) is 4.39 Å². The maximum Gasteiger partial charge on any atom is 0.325 e. The number of nitrogens with zero attached hydrogens (tertiary/aromatic N) is 2. The predicted octanol–water partition coefficient (Wildman–Crippen LogP) is 2.83. The van der Waals surface area contributed by atoms with Crippen molar-refractivity contribution in [1.82, 2.24) is 10.4 Å². The summed E-state index contributed by atoms with van der Waals surface area (Å²) >= 11 is 11.2. The lowest BCUT2D eigenvalue weighted by Crippen LogP contribution is -2.36. The quantitative estimate of drug-likeness (QED) is 0.285. The molecule has 0 aliphatic carbocycles. The topological polar surface area (TPSA) is 96.6 Å². The number of hydrogen-bond donors (Lipinski definition) is 4. The second kappa shape index (κ2) is 6.19. The van der Waals surface area contributed by atoms with Crippen LogP contribution in [0.5, 0.6) is 5.75 Å². The van der Waals surface area contributed by atoms with E-state index in [-0.39, 0.29) is 11.0 Å². The van der Waals surface area contributed by atoms with E-state index in [1.54, 1.807) is 18.3 Å². The molecule has 0 amide bonds. The molecule has 1 aliphatic heterocycles. The molecule has 23 heavy (non-hydrogen) atoms. The number of aromatic nitrogens is 1. The third-order valence-corrected chi connectivity index (χ3v) is 5.21. The molecule has 7 nitrogen and oxygen atoms in total. The predicted molar refractivity (Wildman–Crippen MR) is 92.6 cm³/mol. The molecule has 120 valence electrons. The van der Waals surface area contributed by atoms with Crippen LogP contribution in [0.1, 0.15) is 0 Å². The number of benzene rings is 1. The normalized spacial score (nSPS) is 19.5. The van der Waals surface area contributed by atoms with Gasteiger partial charge in [-0.25, -0.2) is 9.37 Å². The van der Waals surface area contributed by atoms with Crippen LogP contribution in [0.25, 0.3) is 0 Å². The fourth-order valence-corrected chi connectivity index (χ4v) is 4.07. The highest BCUT2D eigenvalue weighted by molar-refractivity contribution is 8.12. The lowest BCUT2D eigenvalue weighted by Gasteiger charge is -2.13. The van der Waals surface area contributed by atoms with Gasteiger partial charge in [-0.2, -0.15) is 4.76 Å². The molecule has 1 aliphatic rings. The van der Waals surface area contributed by atoms with Gasteiger partial charge in [0.15, 0.2) is 11.6 Å². The molecule has 1 aromatic heterocycles. The molecule has 2 aromatic rings. The van der Waals surface area contributed by atoms with Crippen molar-refractivity contribution in [3.05, 3.63) is 47.4 Å². The second-order valence-corrected chi connectivity index (χ2v) is 7.97. The van der Waals surface area contributed by atoms with E-state index >= 15 is 0 Å². The van der Waals surface area contributed by atoms with Gasteiger partial charge in [0.25, 0.3) is 0 Å². The van der Waals surface area contributed by atoms with Crippen LogP contribution in [-0.4, -0.2) is 10.9 Å². The SMILES string of the molecule is N/C(=N\P1(=S)Nc2ncccc2O1)NNc1ccc(F)cc1Cl. The van der Waals surface area contributed by atoms with Crippen molar-refractivity contribution in [2.75, 3.05) is 10.5 Å². The van der Waals surface area contributed by atoms with Gasteiger partial charge in [-0.05, 0) is 42.1 Å².